The van der Waals surface area contributed by atoms with E-state index >= 15 is 0 Å². The quantitative estimate of drug-likeness (QED) is 0.541. The maximum absolute atomic E-state index is 11.8. The molecule has 21 heavy (non-hydrogen) atoms. The van der Waals surface area contributed by atoms with Crippen LogP contribution < -0.4 is 5.32 Å². The number of pyridine rings is 1. The Labute approximate surface area is 133 Å². The van der Waals surface area contributed by atoms with Crippen LogP contribution in [-0.4, -0.2) is 10.9 Å². The van der Waals surface area contributed by atoms with Crippen molar-refractivity contribution in [1.29, 1.82) is 0 Å². The summed E-state index contributed by atoms with van der Waals surface area (Å²) in [7, 11) is 0. The second-order valence-electron chi connectivity index (χ2n) is 5.46. The second kappa shape index (κ2) is 11.6. The van der Waals surface area contributed by atoms with Crippen LogP contribution >= 0.6 is 11.6 Å². The third-order valence-corrected chi connectivity index (χ3v) is 3.83. The summed E-state index contributed by atoms with van der Waals surface area (Å²) < 4.78 is 0. The zero-order chi connectivity index (χ0) is 15.3. The Morgan fingerprint density at radius 2 is 1.71 bits per heavy atom. The Morgan fingerprint density at radius 1 is 1.10 bits per heavy atom. The zero-order valence-electron chi connectivity index (χ0n) is 13.0. The fraction of sp³-hybridized carbons (Fsp3) is 0.647. The molecule has 0 fully saturated rings. The average molecular weight is 311 g/mol. The fourth-order valence-corrected chi connectivity index (χ4v) is 2.44. The van der Waals surface area contributed by atoms with Crippen LogP contribution in [0.2, 0.25) is 5.02 Å². The maximum atomic E-state index is 11.8. The van der Waals surface area contributed by atoms with Crippen LogP contribution in [0, 0.1) is 0 Å². The number of hydrogen-bond acceptors (Lipinski definition) is 2. The first kappa shape index (κ1) is 18.0. The summed E-state index contributed by atoms with van der Waals surface area (Å²) in [6, 6.07) is 3.47. The Hall–Kier alpha value is -1.09. The fourth-order valence-electron chi connectivity index (χ4n) is 2.27. The van der Waals surface area contributed by atoms with E-state index in [9.17, 15) is 4.79 Å². The molecule has 0 aliphatic carbocycles. The lowest BCUT2D eigenvalue weighted by Crippen LogP contribution is -2.12. The van der Waals surface area contributed by atoms with Crippen molar-refractivity contribution in [2.24, 2.45) is 0 Å². The van der Waals surface area contributed by atoms with E-state index in [0.717, 1.165) is 12.8 Å². The van der Waals surface area contributed by atoms with Crippen LogP contribution in [0.1, 0.15) is 71.1 Å². The number of halogens is 1. The highest BCUT2D eigenvalue weighted by Gasteiger charge is 2.05. The van der Waals surface area contributed by atoms with Crippen LogP contribution in [0.15, 0.2) is 18.3 Å². The third kappa shape index (κ3) is 8.71. The van der Waals surface area contributed by atoms with E-state index in [1.54, 1.807) is 18.3 Å². The van der Waals surface area contributed by atoms with Gasteiger partial charge in [-0.15, -0.1) is 0 Å². The molecule has 1 N–H and O–H groups in total. The van der Waals surface area contributed by atoms with Crippen molar-refractivity contribution < 1.29 is 4.79 Å². The number of carbonyl (C=O) groups excluding carboxylic acids is 1. The first-order valence-corrected chi connectivity index (χ1v) is 8.52. The van der Waals surface area contributed by atoms with Crippen LogP contribution in [0.25, 0.3) is 0 Å². The molecular formula is C17H27ClN2O. The van der Waals surface area contributed by atoms with Gasteiger partial charge in [0.1, 0.15) is 0 Å². The molecule has 0 saturated carbocycles. The number of rotatable bonds is 11. The molecule has 0 aromatic carbocycles. The van der Waals surface area contributed by atoms with E-state index in [-0.39, 0.29) is 5.91 Å². The molecule has 0 aliphatic rings. The standard InChI is InChI=1S/C17H27ClN2O/c1-2-3-4-5-6-7-8-9-10-13-16(21)20-17-15(18)12-11-14-19-17/h11-12,14H,2-10,13H2,1H3,(H,19,20,21). The molecule has 0 spiro atoms. The van der Waals surface area contributed by atoms with Crippen molar-refractivity contribution in [2.75, 3.05) is 5.32 Å². The maximum Gasteiger partial charge on any atom is 0.225 e. The molecule has 1 rings (SSSR count). The van der Waals surface area contributed by atoms with Gasteiger partial charge in [0.05, 0.1) is 5.02 Å². The molecule has 1 aromatic heterocycles. The minimum absolute atomic E-state index is 0.00135. The molecule has 1 heterocycles. The number of aromatic nitrogens is 1. The summed E-state index contributed by atoms with van der Waals surface area (Å²) in [6.45, 7) is 2.24. The van der Waals surface area contributed by atoms with Gasteiger partial charge in [-0.1, -0.05) is 69.9 Å². The number of unbranched alkanes of at least 4 members (excludes halogenated alkanes) is 8. The van der Waals surface area contributed by atoms with E-state index in [2.05, 4.69) is 17.2 Å². The molecule has 1 amide bonds. The van der Waals surface area contributed by atoms with Gasteiger partial charge in [-0.2, -0.15) is 0 Å². The van der Waals surface area contributed by atoms with Gasteiger partial charge in [-0.3, -0.25) is 4.79 Å². The lowest BCUT2D eigenvalue weighted by atomic mass is 10.1. The smallest absolute Gasteiger partial charge is 0.225 e. The SMILES string of the molecule is CCCCCCCCCCCC(=O)Nc1ncccc1Cl. The van der Waals surface area contributed by atoms with E-state index in [0.29, 0.717) is 17.3 Å². The van der Waals surface area contributed by atoms with Crippen molar-refractivity contribution in [3.05, 3.63) is 23.4 Å². The van der Waals surface area contributed by atoms with Crippen molar-refractivity contribution in [3.8, 4) is 0 Å². The molecule has 4 heteroatoms. The highest BCUT2D eigenvalue weighted by atomic mass is 35.5. The van der Waals surface area contributed by atoms with E-state index in [1.807, 2.05) is 0 Å². The molecule has 3 nitrogen and oxygen atoms in total. The summed E-state index contributed by atoms with van der Waals surface area (Å²) in [5.41, 5.74) is 0. The number of nitrogens with zero attached hydrogens (tertiary/aromatic N) is 1. The van der Waals surface area contributed by atoms with Crippen LogP contribution in [0.3, 0.4) is 0 Å². The lowest BCUT2D eigenvalue weighted by Gasteiger charge is -2.05. The highest BCUT2D eigenvalue weighted by Crippen LogP contribution is 2.18. The zero-order valence-corrected chi connectivity index (χ0v) is 13.8. The van der Waals surface area contributed by atoms with Crippen LogP contribution in [-0.2, 0) is 4.79 Å². The number of hydrogen-bond donors (Lipinski definition) is 1. The van der Waals surface area contributed by atoms with Gasteiger partial charge >= 0.3 is 0 Å². The first-order valence-electron chi connectivity index (χ1n) is 8.14. The minimum atomic E-state index is -0.00135. The van der Waals surface area contributed by atoms with Crippen LogP contribution in [0.5, 0.6) is 0 Å². The van der Waals surface area contributed by atoms with Gasteiger partial charge in [0, 0.05) is 12.6 Å². The average Bonchev–Trinajstić information content (AvgIpc) is 2.48. The monoisotopic (exact) mass is 310 g/mol. The Bertz CT molecular complexity index is 410. The van der Waals surface area contributed by atoms with Gasteiger partial charge in [0.25, 0.3) is 0 Å². The predicted molar refractivity (Wildman–Crippen MR) is 89.7 cm³/mol. The summed E-state index contributed by atoms with van der Waals surface area (Å²) >= 11 is 5.95. The van der Waals surface area contributed by atoms with Crippen molar-refractivity contribution in [1.82, 2.24) is 4.98 Å². The molecule has 118 valence electrons. The van der Waals surface area contributed by atoms with Crippen molar-refractivity contribution in [2.45, 2.75) is 71.1 Å². The number of amides is 1. The molecular weight excluding hydrogens is 284 g/mol. The lowest BCUT2D eigenvalue weighted by molar-refractivity contribution is -0.116. The molecule has 0 saturated heterocycles. The summed E-state index contributed by atoms with van der Waals surface area (Å²) in [5.74, 6) is 0.457. The Balaban J connectivity index is 2.00. The highest BCUT2D eigenvalue weighted by molar-refractivity contribution is 6.33. The Morgan fingerprint density at radius 3 is 2.33 bits per heavy atom. The summed E-state index contributed by atoms with van der Waals surface area (Å²) in [4.78, 5) is 15.8. The molecule has 1 aromatic rings. The first-order chi connectivity index (χ1) is 10.2. The number of nitrogens with one attached hydrogen (secondary N) is 1. The van der Waals surface area contributed by atoms with Gasteiger partial charge in [0.2, 0.25) is 5.91 Å². The second-order valence-corrected chi connectivity index (χ2v) is 5.87. The summed E-state index contributed by atoms with van der Waals surface area (Å²) in [6.07, 6.45) is 13.4. The Kier molecular flexibility index (Phi) is 9.88. The van der Waals surface area contributed by atoms with Crippen molar-refractivity contribution >= 4 is 23.3 Å². The van der Waals surface area contributed by atoms with E-state index in [4.69, 9.17) is 11.6 Å². The van der Waals surface area contributed by atoms with E-state index < -0.39 is 0 Å². The third-order valence-electron chi connectivity index (χ3n) is 3.52. The number of anilines is 1. The topological polar surface area (TPSA) is 42.0 Å². The molecule has 0 atom stereocenters. The van der Waals surface area contributed by atoms with Crippen LogP contribution in [0.4, 0.5) is 5.82 Å². The predicted octanol–water partition coefficient (Wildman–Crippen LogP) is 5.59. The van der Waals surface area contributed by atoms with Crippen molar-refractivity contribution in [3.63, 3.8) is 0 Å². The molecule has 0 radical (unpaired) electrons. The molecule has 0 aliphatic heterocycles. The van der Waals surface area contributed by atoms with Gasteiger partial charge in [0.15, 0.2) is 5.82 Å². The minimum Gasteiger partial charge on any atom is -0.309 e. The van der Waals surface area contributed by atoms with Gasteiger partial charge in [-0.05, 0) is 18.6 Å². The number of carbonyl (C=O) groups is 1. The molecule has 0 unspecified atom stereocenters. The summed E-state index contributed by atoms with van der Waals surface area (Å²) in [5, 5.41) is 3.24. The molecule has 0 bridgehead atoms. The van der Waals surface area contributed by atoms with E-state index in [1.165, 1.54) is 44.9 Å². The van der Waals surface area contributed by atoms with Gasteiger partial charge in [-0.25, -0.2) is 4.98 Å². The largest absolute Gasteiger partial charge is 0.309 e. The normalized spacial score (nSPS) is 10.6. The van der Waals surface area contributed by atoms with Gasteiger partial charge < -0.3 is 5.32 Å².